The van der Waals surface area contributed by atoms with Gasteiger partial charge in [-0.1, -0.05) is 31.0 Å². The van der Waals surface area contributed by atoms with Crippen LogP contribution in [0.15, 0.2) is 41.7 Å². The minimum Gasteiger partial charge on any atom is -0.365 e. The van der Waals surface area contributed by atoms with E-state index in [1.54, 1.807) is 29.0 Å². The average molecular weight is 398 g/mol. The highest BCUT2D eigenvalue weighted by molar-refractivity contribution is 5.94. The number of rotatable bonds is 3. The van der Waals surface area contributed by atoms with Gasteiger partial charge in [0.2, 0.25) is 0 Å². The van der Waals surface area contributed by atoms with Crippen molar-refractivity contribution in [3.63, 3.8) is 0 Å². The summed E-state index contributed by atoms with van der Waals surface area (Å²) in [5, 5.41) is 11.8. The maximum atomic E-state index is 12.8. The van der Waals surface area contributed by atoms with Crippen LogP contribution < -0.4 is 0 Å². The lowest BCUT2D eigenvalue weighted by Gasteiger charge is -2.46. The van der Waals surface area contributed by atoms with E-state index in [9.17, 15) is 19.7 Å². The minimum absolute atomic E-state index is 0.00299. The van der Waals surface area contributed by atoms with Gasteiger partial charge in [0.25, 0.3) is 5.91 Å². The zero-order chi connectivity index (χ0) is 20.5. The van der Waals surface area contributed by atoms with Gasteiger partial charge in [-0.05, 0) is 25.0 Å². The number of carbonyl (C=O) groups is 2. The molecule has 3 aliphatic rings. The van der Waals surface area contributed by atoms with Crippen LogP contribution in [0.1, 0.15) is 36.0 Å². The van der Waals surface area contributed by atoms with Crippen LogP contribution in [0.5, 0.6) is 0 Å². The smallest absolute Gasteiger partial charge is 0.352 e. The largest absolute Gasteiger partial charge is 0.365 e. The first-order valence-electron chi connectivity index (χ1n) is 10.2. The highest BCUT2D eigenvalue weighted by Gasteiger charge is 2.48. The summed E-state index contributed by atoms with van der Waals surface area (Å²) in [5.74, 6) is -0.511. The molecule has 8 heteroatoms. The lowest BCUT2D eigenvalue weighted by Crippen LogP contribution is -2.56. The Labute approximate surface area is 169 Å². The number of nitro groups is 1. The molecule has 154 valence electrons. The van der Waals surface area contributed by atoms with Crippen molar-refractivity contribution < 1.29 is 14.5 Å². The lowest BCUT2D eigenvalue weighted by molar-refractivity contribution is -0.424. The quantitative estimate of drug-likeness (QED) is 0.574. The van der Waals surface area contributed by atoms with Crippen molar-refractivity contribution in [2.75, 3.05) is 33.2 Å². The highest BCUT2D eigenvalue weighted by Crippen LogP contribution is 2.40. The molecule has 2 heterocycles. The Bertz CT molecular complexity index is 845. The molecule has 0 aromatic heterocycles. The fourth-order valence-corrected chi connectivity index (χ4v) is 4.97. The molecule has 1 aromatic carbocycles. The number of amides is 2. The molecule has 0 bridgehead atoms. The van der Waals surface area contributed by atoms with Crippen LogP contribution in [0, 0.1) is 16.0 Å². The first-order chi connectivity index (χ1) is 14.0. The minimum atomic E-state index is -0.513. The summed E-state index contributed by atoms with van der Waals surface area (Å²) in [6.45, 7) is 1.99. The normalized spacial score (nSPS) is 25.1. The molecule has 1 saturated carbocycles. The van der Waals surface area contributed by atoms with Crippen LogP contribution in [0.25, 0.3) is 0 Å². The summed E-state index contributed by atoms with van der Waals surface area (Å²) < 4.78 is 0. The number of carbonyl (C=O) groups excluding carboxylic acids is 2. The fourth-order valence-electron chi connectivity index (χ4n) is 4.97. The molecule has 8 nitrogen and oxygen atoms in total. The summed E-state index contributed by atoms with van der Waals surface area (Å²) in [4.78, 5) is 42.1. The third-order valence-electron chi connectivity index (χ3n) is 6.45. The first kappa shape index (κ1) is 19.4. The third kappa shape index (κ3) is 3.47. The number of fused-ring (bicyclic) bond motifs is 1. The summed E-state index contributed by atoms with van der Waals surface area (Å²) in [6, 6.07) is 9.17. The average Bonchev–Trinajstić information content (AvgIpc) is 2.76. The van der Waals surface area contributed by atoms with Gasteiger partial charge in [0.15, 0.2) is 0 Å². The van der Waals surface area contributed by atoms with E-state index in [0.29, 0.717) is 37.4 Å². The van der Waals surface area contributed by atoms with Gasteiger partial charge in [-0.2, -0.15) is 0 Å². The second kappa shape index (κ2) is 7.85. The molecular weight excluding hydrogens is 372 g/mol. The van der Waals surface area contributed by atoms with Crippen LogP contribution in [0.4, 0.5) is 0 Å². The summed E-state index contributed by atoms with van der Waals surface area (Å²) in [7, 11) is 1.68. The van der Waals surface area contributed by atoms with Crippen molar-refractivity contribution in [3.8, 4) is 0 Å². The van der Waals surface area contributed by atoms with E-state index in [1.165, 1.54) is 0 Å². The van der Waals surface area contributed by atoms with Gasteiger partial charge in [0.05, 0.1) is 4.92 Å². The van der Waals surface area contributed by atoms with E-state index in [0.717, 1.165) is 25.7 Å². The molecule has 29 heavy (non-hydrogen) atoms. The molecule has 1 aromatic rings. The van der Waals surface area contributed by atoms with Gasteiger partial charge in [-0.25, -0.2) is 0 Å². The number of nitrogens with zero attached hydrogens (tertiary/aromatic N) is 4. The van der Waals surface area contributed by atoms with E-state index in [2.05, 4.69) is 0 Å². The monoisotopic (exact) mass is 398 g/mol. The molecule has 2 unspecified atom stereocenters. The van der Waals surface area contributed by atoms with Crippen LogP contribution in [0.2, 0.25) is 0 Å². The maximum absolute atomic E-state index is 12.8. The third-order valence-corrected chi connectivity index (χ3v) is 6.45. The van der Waals surface area contributed by atoms with E-state index in [1.807, 2.05) is 23.1 Å². The van der Waals surface area contributed by atoms with E-state index >= 15 is 0 Å². The van der Waals surface area contributed by atoms with Gasteiger partial charge in [0, 0.05) is 50.7 Å². The van der Waals surface area contributed by atoms with Crippen molar-refractivity contribution in [3.05, 3.63) is 57.4 Å². The first-order valence-corrected chi connectivity index (χ1v) is 10.2. The molecule has 2 amide bonds. The number of benzene rings is 1. The van der Waals surface area contributed by atoms with E-state index < -0.39 is 10.8 Å². The van der Waals surface area contributed by atoms with Crippen molar-refractivity contribution in [1.29, 1.82) is 0 Å². The molecule has 0 radical (unpaired) electrons. The van der Waals surface area contributed by atoms with Crippen LogP contribution >= 0.6 is 0 Å². The Hall–Kier alpha value is -2.90. The van der Waals surface area contributed by atoms with Crippen molar-refractivity contribution in [2.24, 2.45) is 5.92 Å². The molecule has 1 saturated heterocycles. The fraction of sp³-hybridized carbons (Fsp3) is 0.524. The summed E-state index contributed by atoms with van der Waals surface area (Å²) >= 11 is 0. The van der Waals surface area contributed by atoms with Gasteiger partial charge < -0.3 is 14.7 Å². The Morgan fingerprint density at radius 3 is 2.38 bits per heavy atom. The molecule has 4 rings (SSSR count). The van der Waals surface area contributed by atoms with Crippen LogP contribution in [0.3, 0.4) is 0 Å². The predicted molar refractivity (Wildman–Crippen MR) is 106 cm³/mol. The molecular formula is C21H26N4O4. The lowest BCUT2D eigenvalue weighted by atomic mass is 9.78. The Balaban J connectivity index is 1.57. The summed E-state index contributed by atoms with van der Waals surface area (Å²) in [6.07, 6.45) is 3.80. The van der Waals surface area contributed by atoms with E-state index in [4.69, 9.17) is 0 Å². The second-order valence-corrected chi connectivity index (χ2v) is 8.01. The molecule has 2 atom stereocenters. The van der Waals surface area contributed by atoms with Gasteiger partial charge in [-0.3, -0.25) is 19.7 Å². The highest BCUT2D eigenvalue weighted by atomic mass is 16.6. The standard InChI is InChI=1S/C21H26N4O4/c1-22-17-10-6-5-9-16(17)18(19(21(22)27)25(28)29)23-11-13-24(14-12-23)20(26)15-7-3-2-4-8-15/h2-4,7-8,16-17H,5-6,9-14H2,1H3. The van der Waals surface area contributed by atoms with Gasteiger partial charge in [0.1, 0.15) is 5.70 Å². The van der Waals surface area contributed by atoms with Crippen molar-refractivity contribution in [2.45, 2.75) is 31.7 Å². The second-order valence-electron chi connectivity index (χ2n) is 8.01. The molecule has 1 aliphatic carbocycles. The van der Waals surface area contributed by atoms with Crippen molar-refractivity contribution >= 4 is 11.8 Å². The summed E-state index contributed by atoms with van der Waals surface area (Å²) in [5.41, 5.74) is 0.959. The number of piperazine rings is 1. The molecule has 0 N–H and O–H groups in total. The van der Waals surface area contributed by atoms with Crippen LogP contribution in [-0.4, -0.2) is 70.7 Å². The van der Waals surface area contributed by atoms with Gasteiger partial charge >= 0.3 is 11.6 Å². The molecule has 2 fully saturated rings. The van der Waals surface area contributed by atoms with Crippen molar-refractivity contribution in [1.82, 2.24) is 14.7 Å². The topological polar surface area (TPSA) is 87.0 Å². The predicted octanol–water partition coefficient (Wildman–Crippen LogP) is 1.96. The maximum Gasteiger partial charge on any atom is 0.352 e. The van der Waals surface area contributed by atoms with Crippen LogP contribution in [-0.2, 0) is 4.79 Å². The van der Waals surface area contributed by atoms with E-state index in [-0.39, 0.29) is 23.6 Å². The Kier molecular flexibility index (Phi) is 5.25. The Morgan fingerprint density at radius 1 is 1.07 bits per heavy atom. The number of hydrogen-bond acceptors (Lipinski definition) is 5. The zero-order valence-electron chi connectivity index (χ0n) is 16.6. The number of likely N-dealkylation sites (N-methyl/N-ethyl adjacent to an activating group) is 1. The van der Waals surface area contributed by atoms with Gasteiger partial charge in [-0.15, -0.1) is 0 Å². The Morgan fingerprint density at radius 2 is 1.72 bits per heavy atom. The SMILES string of the molecule is CN1C(=O)C([N+](=O)[O-])=C(N2CCN(C(=O)c3ccccc3)CC2)C2CCCCC21. The zero-order valence-corrected chi connectivity index (χ0v) is 16.6. The molecule has 0 spiro atoms. The number of hydrogen-bond donors (Lipinski definition) is 0. The molecule has 2 aliphatic heterocycles.